The van der Waals surface area contributed by atoms with E-state index in [2.05, 4.69) is 10.0 Å². The van der Waals surface area contributed by atoms with Gasteiger partial charge in [0.1, 0.15) is 16.4 Å². The van der Waals surface area contributed by atoms with Crippen LogP contribution in [0.5, 0.6) is 11.5 Å². The molecular formula is C15H22N2O5S. The van der Waals surface area contributed by atoms with Gasteiger partial charge >= 0.3 is 0 Å². The molecule has 8 heteroatoms. The third-order valence-electron chi connectivity index (χ3n) is 3.80. The highest BCUT2D eigenvalue weighted by Crippen LogP contribution is 2.28. The summed E-state index contributed by atoms with van der Waals surface area (Å²) < 4.78 is 37.1. The quantitative estimate of drug-likeness (QED) is 0.772. The molecule has 0 unspecified atom stereocenters. The van der Waals surface area contributed by atoms with Crippen LogP contribution >= 0.6 is 0 Å². The maximum Gasteiger partial charge on any atom is 0.244 e. The molecular weight excluding hydrogens is 320 g/mol. The van der Waals surface area contributed by atoms with Crippen LogP contribution in [0.2, 0.25) is 0 Å². The summed E-state index contributed by atoms with van der Waals surface area (Å²) >= 11 is 0. The van der Waals surface area contributed by atoms with Crippen molar-refractivity contribution in [3.05, 3.63) is 18.2 Å². The van der Waals surface area contributed by atoms with E-state index in [4.69, 9.17) is 9.47 Å². The molecule has 0 heterocycles. The minimum atomic E-state index is -3.85. The van der Waals surface area contributed by atoms with Gasteiger partial charge in [-0.3, -0.25) is 4.79 Å². The van der Waals surface area contributed by atoms with Crippen LogP contribution in [0.3, 0.4) is 0 Å². The van der Waals surface area contributed by atoms with Gasteiger partial charge in [0.2, 0.25) is 15.9 Å². The fourth-order valence-electron chi connectivity index (χ4n) is 2.58. The molecule has 0 radical (unpaired) electrons. The van der Waals surface area contributed by atoms with Crippen molar-refractivity contribution in [1.82, 2.24) is 10.0 Å². The third-order valence-corrected chi connectivity index (χ3v) is 5.24. The van der Waals surface area contributed by atoms with Crippen molar-refractivity contribution in [2.75, 3.05) is 20.8 Å². The van der Waals surface area contributed by atoms with E-state index in [1.807, 2.05) is 0 Å². The van der Waals surface area contributed by atoms with E-state index >= 15 is 0 Å². The van der Waals surface area contributed by atoms with Crippen LogP contribution in [0.15, 0.2) is 23.1 Å². The van der Waals surface area contributed by atoms with E-state index in [0.29, 0.717) is 5.75 Å². The van der Waals surface area contributed by atoms with Crippen molar-refractivity contribution in [2.45, 2.75) is 36.6 Å². The summed E-state index contributed by atoms with van der Waals surface area (Å²) in [6, 6.07) is 4.54. The molecule has 0 saturated heterocycles. The molecule has 0 aliphatic heterocycles. The Morgan fingerprint density at radius 1 is 1.22 bits per heavy atom. The normalized spacial score (nSPS) is 15.4. The van der Waals surface area contributed by atoms with E-state index in [0.717, 1.165) is 25.7 Å². The molecule has 2 N–H and O–H groups in total. The minimum absolute atomic E-state index is 0.0329. The molecule has 0 atom stereocenters. The Balaban J connectivity index is 2.02. The van der Waals surface area contributed by atoms with Gasteiger partial charge in [-0.15, -0.1) is 0 Å². The maximum absolute atomic E-state index is 12.3. The number of carbonyl (C=O) groups is 1. The number of ether oxygens (including phenoxy) is 2. The first-order valence-electron chi connectivity index (χ1n) is 7.47. The lowest BCUT2D eigenvalue weighted by Crippen LogP contribution is -2.40. The average Bonchev–Trinajstić information content (AvgIpc) is 3.05. The van der Waals surface area contributed by atoms with Crippen LogP contribution in [0.1, 0.15) is 25.7 Å². The Morgan fingerprint density at radius 3 is 2.52 bits per heavy atom. The first-order chi connectivity index (χ1) is 11.0. The molecule has 0 spiro atoms. The van der Waals surface area contributed by atoms with E-state index < -0.39 is 10.0 Å². The fourth-order valence-corrected chi connectivity index (χ4v) is 3.71. The van der Waals surface area contributed by atoms with Crippen LogP contribution in [-0.2, 0) is 14.8 Å². The molecule has 1 aromatic carbocycles. The highest BCUT2D eigenvalue weighted by molar-refractivity contribution is 7.89. The molecule has 2 rings (SSSR count). The van der Waals surface area contributed by atoms with Gasteiger partial charge in [0.05, 0.1) is 20.8 Å². The van der Waals surface area contributed by atoms with Crippen LogP contribution < -0.4 is 19.5 Å². The number of amides is 1. The summed E-state index contributed by atoms with van der Waals surface area (Å²) in [5.74, 6) is 0.320. The number of hydrogen-bond donors (Lipinski definition) is 2. The molecule has 128 valence electrons. The van der Waals surface area contributed by atoms with Gasteiger partial charge in [-0.2, -0.15) is 0 Å². The number of methoxy groups -OCH3 is 2. The molecule has 1 fully saturated rings. The van der Waals surface area contributed by atoms with E-state index in [9.17, 15) is 13.2 Å². The summed E-state index contributed by atoms with van der Waals surface area (Å²) in [5, 5.41) is 2.83. The van der Waals surface area contributed by atoms with E-state index in [1.54, 1.807) is 0 Å². The molecule has 1 aliphatic rings. The maximum atomic E-state index is 12.3. The predicted molar refractivity (Wildman–Crippen MR) is 85.1 cm³/mol. The second-order valence-electron chi connectivity index (χ2n) is 5.39. The molecule has 0 aromatic heterocycles. The second kappa shape index (κ2) is 7.65. The van der Waals surface area contributed by atoms with Crippen molar-refractivity contribution < 1.29 is 22.7 Å². The van der Waals surface area contributed by atoms with Crippen LogP contribution in [-0.4, -0.2) is 41.1 Å². The molecule has 7 nitrogen and oxygen atoms in total. The smallest absolute Gasteiger partial charge is 0.244 e. The van der Waals surface area contributed by atoms with Crippen LogP contribution in [0, 0.1) is 0 Å². The Morgan fingerprint density at radius 2 is 1.91 bits per heavy atom. The molecule has 1 amide bonds. The highest BCUT2D eigenvalue weighted by atomic mass is 32.2. The van der Waals surface area contributed by atoms with Crippen molar-refractivity contribution in [1.29, 1.82) is 0 Å². The summed E-state index contributed by atoms with van der Waals surface area (Å²) in [6.45, 7) is -0.298. The number of hydrogen-bond acceptors (Lipinski definition) is 5. The van der Waals surface area contributed by atoms with Crippen LogP contribution in [0.4, 0.5) is 0 Å². The Labute approximate surface area is 136 Å². The van der Waals surface area contributed by atoms with Gasteiger partial charge < -0.3 is 14.8 Å². The molecule has 1 saturated carbocycles. The first kappa shape index (κ1) is 17.6. The minimum Gasteiger partial charge on any atom is -0.497 e. The monoisotopic (exact) mass is 342 g/mol. The largest absolute Gasteiger partial charge is 0.497 e. The highest BCUT2D eigenvalue weighted by Gasteiger charge is 2.22. The average molecular weight is 342 g/mol. The van der Waals surface area contributed by atoms with Gasteiger partial charge in [-0.05, 0) is 25.0 Å². The zero-order valence-corrected chi connectivity index (χ0v) is 14.1. The molecule has 0 bridgehead atoms. The lowest BCUT2D eigenvalue weighted by atomic mass is 10.2. The van der Waals surface area contributed by atoms with E-state index in [1.165, 1.54) is 32.4 Å². The molecule has 23 heavy (non-hydrogen) atoms. The summed E-state index contributed by atoms with van der Waals surface area (Å²) in [7, 11) is -0.992. The lowest BCUT2D eigenvalue weighted by molar-refractivity contribution is -0.120. The van der Waals surface area contributed by atoms with Crippen molar-refractivity contribution in [3.63, 3.8) is 0 Å². The summed E-state index contributed by atoms with van der Waals surface area (Å²) in [5.41, 5.74) is 0. The second-order valence-corrected chi connectivity index (χ2v) is 7.13. The summed E-state index contributed by atoms with van der Waals surface area (Å²) in [4.78, 5) is 11.8. The van der Waals surface area contributed by atoms with Gasteiger partial charge in [-0.25, -0.2) is 13.1 Å². The Bertz CT molecular complexity index is 654. The number of carbonyl (C=O) groups excluding carboxylic acids is 1. The lowest BCUT2D eigenvalue weighted by Gasteiger charge is -2.14. The van der Waals surface area contributed by atoms with Crippen molar-refractivity contribution >= 4 is 15.9 Å². The zero-order valence-electron chi connectivity index (χ0n) is 13.3. The number of nitrogens with one attached hydrogen (secondary N) is 2. The SMILES string of the molecule is COc1ccc(S(=O)(=O)NCC(=O)NC2CCCC2)c(OC)c1. The van der Waals surface area contributed by atoms with Crippen molar-refractivity contribution in [2.24, 2.45) is 0 Å². The Kier molecular flexibility index (Phi) is 5.84. The molecule has 1 aliphatic carbocycles. The number of benzene rings is 1. The summed E-state index contributed by atoms with van der Waals surface area (Å²) in [6.07, 6.45) is 4.09. The number of sulfonamides is 1. The third kappa shape index (κ3) is 4.59. The van der Waals surface area contributed by atoms with Gasteiger partial charge in [0.15, 0.2) is 0 Å². The van der Waals surface area contributed by atoms with Crippen molar-refractivity contribution in [3.8, 4) is 11.5 Å². The van der Waals surface area contributed by atoms with Crippen LogP contribution in [0.25, 0.3) is 0 Å². The van der Waals surface area contributed by atoms with Gasteiger partial charge in [0.25, 0.3) is 0 Å². The standard InChI is InChI=1S/C15H22N2O5S/c1-21-12-7-8-14(13(9-12)22-2)23(19,20)16-10-15(18)17-11-5-3-4-6-11/h7-9,11,16H,3-6,10H2,1-2H3,(H,17,18). The zero-order chi connectivity index (χ0) is 16.9. The predicted octanol–water partition coefficient (Wildman–Crippen LogP) is 1.04. The topological polar surface area (TPSA) is 93.7 Å². The van der Waals surface area contributed by atoms with E-state index in [-0.39, 0.29) is 29.1 Å². The number of rotatable bonds is 7. The first-order valence-corrected chi connectivity index (χ1v) is 8.95. The Hall–Kier alpha value is -1.80. The fraction of sp³-hybridized carbons (Fsp3) is 0.533. The van der Waals surface area contributed by atoms with Gasteiger partial charge in [0, 0.05) is 12.1 Å². The molecule has 1 aromatic rings. The van der Waals surface area contributed by atoms with Gasteiger partial charge in [-0.1, -0.05) is 12.8 Å².